The Morgan fingerprint density at radius 1 is 1.28 bits per heavy atom. The zero-order valence-corrected chi connectivity index (χ0v) is 13.6. The Balaban J connectivity index is 1.55. The van der Waals surface area contributed by atoms with Crippen LogP contribution < -0.4 is 15.4 Å². The molecule has 130 valence electrons. The number of hydrogen-bond donors (Lipinski definition) is 3. The molecular formula is C17H19N5O3. The molecule has 25 heavy (non-hydrogen) atoms. The average molecular weight is 341 g/mol. The lowest BCUT2D eigenvalue weighted by Crippen LogP contribution is -2.33. The van der Waals surface area contributed by atoms with E-state index >= 15 is 0 Å². The molecule has 0 unspecified atom stereocenters. The van der Waals surface area contributed by atoms with Gasteiger partial charge in [0, 0.05) is 31.4 Å². The van der Waals surface area contributed by atoms with Crippen molar-refractivity contribution >= 4 is 11.9 Å². The minimum atomic E-state index is -0.857. The van der Waals surface area contributed by atoms with E-state index in [1.807, 2.05) is 24.3 Å². The van der Waals surface area contributed by atoms with Crippen LogP contribution in [0.25, 0.3) is 0 Å². The summed E-state index contributed by atoms with van der Waals surface area (Å²) in [4.78, 5) is 23.2. The van der Waals surface area contributed by atoms with Crippen LogP contribution in [0.2, 0.25) is 0 Å². The van der Waals surface area contributed by atoms with Gasteiger partial charge in [0.2, 0.25) is 0 Å². The first-order valence-corrected chi connectivity index (χ1v) is 8.02. The lowest BCUT2D eigenvalue weighted by molar-refractivity contribution is -0.136. The minimum absolute atomic E-state index is 0.0261. The first kappa shape index (κ1) is 16.7. The smallest absolute Gasteiger partial charge is 0.322 e. The van der Waals surface area contributed by atoms with Gasteiger partial charge in [0.1, 0.15) is 5.75 Å². The molecular weight excluding hydrogens is 322 g/mol. The molecule has 8 heteroatoms. The lowest BCUT2D eigenvalue weighted by Gasteiger charge is -2.08. The molecule has 1 aliphatic rings. The third-order valence-electron chi connectivity index (χ3n) is 3.55. The standard InChI is InChI=1S/C17H19N5O3/c23-15(24)6-3-13-7-8-20-17(22-13)25-14-4-1-12(2-5-14)11-21-16-18-9-10-19-16/h1-2,4-5,7-8H,3,6,9-11H2,(H,23,24)(H2,18,19,21). The van der Waals surface area contributed by atoms with Gasteiger partial charge < -0.3 is 20.5 Å². The van der Waals surface area contributed by atoms with Crippen molar-refractivity contribution < 1.29 is 14.6 Å². The van der Waals surface area contributed by atoms with Crippen molar-refractivity contribution in [1.29, 1.82) is 0 Å². The van der Waals surface area contributed by atoms with E-state index in [1.165, 1.54) is 0 Å². The summed E-state index contributed by atoms with van der Waals surface area (Å²) in [6.07, 6.45) is 1.93. The topological polar surface area (TPSA) is 109 Å². The van der Waals surface area contributed by atoms with Gasteiger partial charge in [0.25, 0.3) is 0 Å². The number of ether oxygens (including phenoxy) is 1. The fourth-order valence-electron chi connectivity index (χ4n) is 2.28. The highest BCUT2D eigenvalue weighted by Gasteiger charge is 2.06. The summed E-state index contributed by atoms with van der Waals surface area (Å²) in [6, 6.07) is 9.48. The fourth-order valence-corrected chi connectivity index (χ4v) is 2.28. The summed E-state index contributed by atoms with van der Waals surface area (Å²) in [5.74, 6) is 0.589. The number of benzene rings is 1. The minimum Gasteiger partial charge on any atom is -0.481 e. The van der Waals surface area contributed by atoms with Crippen LogP contribution in [0.5, 0.6) is 11.8 Å². The summed E-state index contributed by atoms with van der Waals surface area (Å²) >= 11 is 0. The van der Waals surface area contributed by atoms with Gasteiger partial charge in [0.15, 0.2) is 5.96 Å². The van der Waals surface area contributed by atoms with Crippen molar-refractivity contribution in [1.82, 2.24) is 20.6 Å². The number of carboxylic acid groups (broad SMARTS) is 1. The maximum absolute atomic E-state index is 10.6. The number of aliphatic carboxylic acids is 1. The second kappa shape index (κ2) is 8.09. The van der Waals surface area contributed by atoms with Crippen molar-refractivity contribution in [3.8, 4) is 11.8 Å². The van der Waals surface area contributed by atoms with Gasteiger partial charge in [-0.25, -0.2) is 4.98 Å². The van der Waals surface area contributed by atoms with E-state index in [1.54, 1.807) is 12.3 Å². The van der Waals surface area contributed by atoms with Crippen molar-refractivity contribution in [2.75, 3.05) is 13.1 Å². The normalized spacial score (nSPS) is 13.0. The number of rotatable bonds is 7. The molecule has 0 radical (unpaired) electrons. The lowest BCUT2D eigenvalue weighted by atomic mass is 10.2. The number of hydrogen-bond acceptors (Lipinski definition) is 7. The molecule has 3 rings (SSSR count). The van der Waals surface area contributed by atoms with Crippen molar-refractivity contribution in [3.05, 3.63) is 47.8 Å². The Kier molecular flexibility index (Phi) is 5.40. The van der Waals surface area contributed by atoms with Crippen LogP contribution in [-0.2, 0) is 17.8 Å². The van der Waals surface area contributed by atoms with E-state index < -0.39 is 5.97 Å². The van der Waals surface area contributed by atoms with Crippen LogP contribution in [0, 0.1) is 0 Å². The zero-order chi connectivity index (χ0) is 17.5. The number of carboxylic acids is 1. The summed E-state index contributed by atoms with van der Waals surface area (Å²) < 4.78 is 5.63. The molecule has 0 spiro atoms. The van der Waals surface area contributed by atoms with E-state index in [2.05, 4.69) is 25.6 Å². The first-order chi connectivity index (χ1) is 12.2. The van der Waals surface area contributed by atoms with E-state index in [-0.39, 0.29) is 12.4 Å². The van der Waals surface area contributed by atoms with Gasteiger partial charge >= 0.3 is 12.0 Å². The number of nitrogens with zero attached hydrogens (tertiary/aromatic N) is 3. The molecule has 0 amide bonds. The Labute approximate surface area is 145 Å². The molecule has 1 aliphatic heterocycles. The SMILES string of the molecule is O=C(O)CCc1ccnc(Oc2ccc(CNC3=NCCN3)cc2)n1. The van der Waals surface area contributed by atoms with Crippen molar-refractivity contribution in [3.63, 3.8) is 0 Å². The molecule has 8 nitrogen and oxygen atoms in total. The molecule has 2 heterocycles. The highest BCUT2D eigenvalue weighted by molar-refractivity contribution is 5.81. The average Bonchev–Trinajstić information content (AvgIpc) is 3.13. The van der Waals surface area contributed by atoms with Gasteiger partial charge in [-0.15, -0.1) is 0 Å². The van der Waals surface area contributed by atoms with Gasteiger partial charge in [0.05, 0.1) is 13.0 Å². The number of guanidine groups is 1. The highest BCUT2D eigenvalue weighted by atomic mass is 16.5. The van der Waals surface area contributed by atoms with E-state index in [9.17, 15) is 4.79 Å². The number of aryl methyl sites for hydroxylation is 1. The maximum Gasteiger partial charge on any atom is 0.322 e. The largest absolute Gasteiger partial charge is 0.481 e. The van der Waals surface area contributed by atoms with E-state index in [0.717, 1.165) is 24.6 Å². The molecule has 0 saturated carbocycles. The Bertz CT molecular complexity index is 761. The number of aliphatic imine (C=N–C) groups is 1. The predicted octanol–water partition coefficient (Wildman–Crippen LogP) is 1.33. The molecule has 1 aromatic carbocycles. The molecule has 0 bridgehead atoms. The number of nitrogens with one attached hydrogen (secondary N) is 2. The Morgan fingerprint density at radius 3 is 2.84 bits per heavy atom. The Hall–Kier alpha value is -3.16. The van der Waals surface area contributed by atoms with Crippen molar-refractivity contribution in [2.24, 2.45) is 4.99 Å². The third kappa shape index (κ3) is 5.17. The quantitative estimate of drug-likeness (QED) is 0.697. The number of carbonyl (C=O) groups is 1. The summed E-state index contributed by atoms with van der Waals surface area (Å²) in [5.41, 5.74) is 1.73. The fraction of sp³-hybridized carbons (Fsp3) is 0.294. The monoisotopic (exact) mass is 341 g/mol. The molecule has 0 atom stereocenters. The van der Waals surface area contributed by atoms with Crippen LogP contribution in [0.1, 0.15) is 17.7 Å². The van der Waals surface area contributed by atoms with Crippen LogP contribution in [-0.4, -0.2) is 40.1 Å². The van der Waals surface area contributed by atoms with Gasteiger partial charge in [-0.1, -0.05) is 12.1 Å². The zero-order valence-electron chi connectivity index (χ0n) is 13.6. The van der Waals surface area contributed by atoms with Crippen LogP contribution in [0.3, 0.4) is 0 Å². The molecule has 0 saturated heterocycles. The second-order valence-corrected chi connectivity index (χ2v) is 5.48. The molecule has 1 aromatic heterocycles. The number of aromatic nitrogens is 2. The maximum atomic E-state index is 10.6. The summed E-state index contributed by atoms with van der Waals surface area (Å²) in [7, 11) is 0. The van der Waals surface area contributed by atoms with E-state index in [4.69, 9.17) is 9.84 Å². The molecule has 0 fully saturated rings. The van der Waals surface area contributed by atoms with Crippen molar-refractivity contribution in [2.45, 2.75) is 19.4 Å². The van der Waals surface area contributed by atoms with E-state index in [0.29, 0.717) is 24.4 Å². The van der Waals surface area contributed by atoms with Gasteiger partial charge in [-0.3, -0.25) is 9.79 Å². The van der Waals surface area contributed by atoms with Gasteiger partial charge in [-0.05, 0) is 23.8 Å². The summed E-state index contributed by atoms with van der Waals surface area (Å²) in [6.45, 7) is 2.36. The Morgan fingerprint density at radius 2 is 2.12 bits per heavy atom. The van der Waals surface area contributed by atoms with Gasteiger partial charge in [-0.2, -0.15) is 4.98 Å². The first-order valence-electron chi connectivity index (χ1n) is 8.02. The predicted molar refractivity (Wildman–Crippen MR) is 91.6 cm³/mol. The third-order valence-corrected chi connectivity index (χ3v) is 3.55. The van der Waals surface area contributed by atoms with Crippen LogP contribution in [0.15, 0.2) is 41.5 Å². The van der Waals surface area contributed by atoms with Crippen LogP contribution in [0.4, 0.5) is 0 Å². The second-order valence-electron chi connectivity index (χ2n) is 5.48. The molecule has 0 aliphatic carbocycles. The summed E-state index contributed by atoms with van der Waals surface area (Å²) in [5, 5.41) is 15.1. The molecule has 3 N–H and O–H groups in total. The van der Waals surface area contributed by atoms with Crippen LogP contribution >= 0.6 is 0 Å². The highest BCUT2D eigenvalue weighted by Crippen LogP contribution is 2.18. The molecule has 2 aromatic rings.